The molecule has 6 nitrogen and oxygen atoms in total. The van der Waals surface area contributed by atoms with E-state index in [0.717, 1.165) is 5.75 Å². The zero-order chi connectivity index (χ0) is 19.6. The highest BCUT2D eigenvalue weighted by Gasteiger charge is 2.14. The zero-order valence-electron chi connectivity index (χ0n) is 15.9. The molecule has 2 rings (SSSR count). The molecule has 1 unspecified atom stereocenters. The van der Waals surface area contributed by atoms with E-state index in [2.05, 4.69) is 5.32 Å². The van der Waals surface area contributed by atoms with Crippen LogP contribution in [0.5, 0.6) is 17.2 Å². The maximum absolute atomic E-state index is 12.1. The normalized spacial score (nSPS) is 11.4. The summed E-state index contributed by atoms with van der Waals surface area (Å²) in [5, 5.41) is 2.77. The van der Waals surface area contributed by atoms with Gasteiger partial charge in [0.05, 0.1) is 13.2 Å². The molecule has 0 aliphatic carbocycles. The van der Waals surface area contributed by atoms with Crippen molar-refractivity contribution in [3.8, 4) is 17.2 Å². The van der Waals surface area contributed by atoms with Crippen molar-refractivity contribution in [2.24, 2.45) is 0 Å². The minimum absolute atomic E-state index is 0.0140. The Morgan fingerprint density at radius 2 is 1.48 bits per heavy atom. The van der Waals surface area contributed by atoms with E-state index < -0.39 is 6.10 Å². The number of rotatable bonds is 10. The number of carbonyl (C=O) groups excluding carboxylic acids is 2. The Morgan fingerprint density at radius 3 is 2.04 bits per heavy atom. The average Bonchev–Trinajstić information content (AvgIpc) is 2.67. The van der Waals surface area contributed by atoms with E-state index in [-0.39, 0.29) is 11.7 Å². The molecule has 27 heavy (non-hydrogen) atoms. The van der Waals surface area contributed by atoms with Gasteiger partial charge in [-0.2, -0.15) is 0 Å². The molecule has 0 spiro atoms. The third-order valence-corrected chi connectivity index (χ3v) is 3.75. The summed E-state index contributed by atoms with van der Waals surface area (Å²) >= 11 is 0. The van der Waals surface area contributed by atoms with Gasteiger partial charge in [-0.25, -0.2) is 0 Å². The SMILES string of the molecule is CCOc1ccc(OCCNC(=O)C(C)Oc2ccc(C(C)=O)cc2)cc1. The van der Waals surface area contributed by atoms with Crippen LogP contribution >= 0.6 is 0 Å². The van der Waals surface area contributed by atoms with E-state index in [9.17, 15) is 9.59 Å². The van der Waals surface area contributed by atoms with Gasteiger partial charge in [0, 0.05) is 5.56 Å². The maximum atomic E-state index is 12.1. The molecule has 0 heterocycles. The molecule has 0 aromatic heterocycles. The smallest absolute Gasteiger partial charge is 0.260 e. The van der Waals surface area contributed by atoms with Gasteiger partial charge in [0.2, 0.25) is 0 Å². The molecule has 0 radical (unpaired) electrons. The summed E-state index contributed by atoms with van der Waals surface area (Å²) in [5.41, 5.74) is 0.603. The highest BCUT2D eigenvalue weighted by Crippen LogP contribution is 2.17. The van der Waals surface area contributed by atoms with Crippen LogP contribution in [0.15, 0.2) is 48.5 Å². The van der Waals surface area contributed by atoms with E-state index in [1.54, 1.807) is 31.2 Å². The van der Waals surface area contributed by atoms with Gasteiger partial charge >= 0.3 is 0 Å². The van der Waals surface area contributed by atoms with Gasteiger partial charge in [0.15, 0.2) is 11.9 Å². The van der Waals surface area contributed by atoms with Gasteiger partial charge in [-0.05, 0) is 69.3 Å². The highest BCUT2D eigenvalue weighted by molar-refractivity contribution is 5.94. The summed E-state index contributed by atoms with van der Waals surface area (Å²) in [6, 6.07) is 14.0. The van der Waals surface area contributed by atoms with Crippen molar-refractivity contribution in [3.05, 3.63) is 54.1 Å². The van der Waals surface area contributed by atoms with Crippen LogP contribution in [0.3, 0.4) is 0 Å². The Balaban J connectivity index is 1.70. The van der Waals surface area contributed by atoms with Crippen molar-refractivity contribution >= 4 is 11.7 Å². The number of hydrogen-bond donors (Lipinski definition) is 1. The van der Waals surface area contributed by atoms with Crippen molar-refractivity contribution in [1.29, 1.82) is 0 Å². The molecular formula is C21H25NO5. The number of Topliss-reactive ketones (excluding diaryl/α,β-unsaturated/α-hetero) is 1. The van der Waals surface area contributed by atoms with Crippen LogP contribution in [0, 0.1) is 0 Å². The van der Waals surface area contributed by atoms with Gasteiger partial charge in [-0.15, -0.1) is 0 Å². The summed E-state index contributed by atoms with van der Waals surface area (Å²) in [5.74, 6) is 1.79. The van der Waals surface area contributed by atoms with Crippen molar-refractivity contribution in [1.82, 2.24) is 5.32 Å². The minimum atomic E-state index is -0.654. The first kappa shape index (κ1) is 20.3. The largest absolute Gasteiger partial charge is 0.494 e. The Bertz CT molecular complexity index is 740. The monoisotopic (exact) mass is 371 g/mol. The molecule has 1 atom stereocenters. The average molecular weight is 371 g/mol. The van der Waals surface area contributed by atoms with E-state index in [1.165, 1.54) is 6.92 Å². The Morgan fingerprint density at radius 1 is 0.926 bits per heavy atom. The number of ketones is 1. The fourth-order valence-electron chi connectivity index (χ4n) is 2.31. The summed E-state index contributed by atoms with van der Waals surface area (Å²) in [7, 11) is 0. The fourth-order valence-corrected chi connectivity index (χ4v) is 2.31. The van der Waals surface area contributed by atoms with Gasteiger partial charge in [-0.3, -0.25) is 9.59 Å². The van der Waals surface area contributed by atoms with Crippen molar-refractivity contribution in [2.45, 2.75) is 26.9 Å². The molecule has 1 N–H and O–H groups in total. The van der Waals surface area contributed by atoms with Crippen LogP contribution < -0.4 is 19.5 Å². The fraction of sp³-hybridized carbons (Fsp3) is 0.333. The van der Waals surface area contributed by atoms with Crippen molar-refractivity contribution in [2.75, 3.05) is 19.8 Å². The summed E-state index contributed by atoms with van der Waals surface area (Å²) in [6.07, 6.45) is -0.654. The summed E-state index contributed by atoms with van der Waals surface area (Å²) < 4.78 is 16.5. The molecule has 1 amide bonds. The molecule has 0 aliphatic heterocycles. The minimum Gasteiger partial charge on any atom is -0.494 e. The molecule has 144 valence electrons. The standard InChI is InChI=1S/C21H25NO5/c1-4-25-18-9-11-19(12-10-18)26-14-13-22-21(24)16(3)27-20-7-5-17(6-8-20)15(2)23/h5-12,16H,4,13-14H2,1-3H3,(H,22,24). The Kier molecular flexibility index (Phi) is 7.67. The van der Waals surface area contributed by atoms with Gasteiger partial charge in [0.1, 0.15) is 23.9 Å². The number of amides is 1. The van der Waals surface area contributed by atoms with Gasteiger partial charge < -0.3 is 19.5 Å². The second-order valence-electron chi connectivity index (χ2n) is 5.88. The van der Waals surface area contributed by atoms with Crippen LogP contribution in [0.4, 0.5) is 0 Å². The second kappa shape index (κ2) is 10.2. The summed E-state index contributed by atoms with van der Waals surface area (Å²) in [6.45, 7) is 6.43. The number of ether oxygens (including phenoxy) is 3. The lowest BCUT2D eigenvalue weighted by atomic mass is 10.1. The van der Waals surface area contributed by atoms with Gasteiger partial charge in [-0.1, -0.05) is 0 Å². The molecule has 0 bridgehead atoms. The lowest BCUT2D eigenvalue weighted by Gasteiger charge is -2.15. The predicted molar refractivity (Wildman–Crippen MR) is 103 cm³/mol. The van der Waals surface area contributed by atoms with Crippen LogP contribution in [-0.2, 0) is 4.79 Å². The zero-order valence-corrected chi connectivity index (χ0v) is 15.9. The predicted octanol–water partition coefficient (Wildman–Crippen LogP) is 3.25. The molecule has 0 saturated carbocycles. The van der Waals surface area contributed by atoms with E-state index in [0.29, 0.717) is 36.8 Å². The van der Waals surface area contributed by atoms with Crippen molar-refractivity contribution in [3.63, 3.8) is 0 Å². The summed E-state index contributed by atoms with van der Waals surface area (Å²) in [4.78, 5) is 23.3. The molecule has 0 fully saturated rings. The van der Waals surface area contributed by atoms with Crippen LogP contribution in [0.25, 0.3) is 0 Å². The highest BCUT2D eigenvalue weighted by atomic mass is 16.5. The van der Waals surface area contributed by atoms with Crippen LogP contribution in [0.2, 0.25) is 0 Å². The Hall–Kier alpha value is -3.02. The lowest BCUT2D eigenvalue weighted by Crippen LogP contribution is -2.38. The Labute approximate surface area is 159 Å². The third-order valence-electron chi connectivity index (χ3n) is 3.75. The topological polar surface area (TPSA) is 73.9 Å². The van der Waals surface area contributed by atoms with E-state index in [1.807, 2.05) is 31.2 Å². The first-order valence-electron chi connectivity index (χ1n) is 8.90. The lowest BCUT2D eigenvalue weighted by molar-refractivity contribution is -0.127. The van der Waals surface area contributed by atoms with E-state index in [4.69, 9.17) is 14.2 Å². The quantitative estimate of drug-likeness (QED) is 0.513. The number of hydrogen-bond acceptors (Lipinski definition) is 5. The number of nitrogens with one attached hydrogen (secondary N) is 1. The molecule has 2 aromatic carbocycles. The second-order valence-corrected chi connectivity index (χ2v) is 5.88. The van der Waals surface area contributed by atoms with E-state index >= 15 is 0 Å². The van der Waals surface area contributed by atoms with Crippen LogP contribution in [0.1, 0.15) is 31.1 Å². The molecular weight excluding hydrogens is 346 g/mol. The first-order valence-corrected chi connectivity index (χ1v) is 8.90. The van der Waals surface area contributed by atoms with Crippen molar-refractivity contribution < 1.29 is 23.8 Å². The van der Waals surface area contributed by atoms with Gasteiger partial charge in [0.25, 0.3) is 5.91 Å². The van der Waals surface area contributed by atoms with Crippen LogP contribution in [-0.4, -0.2) is 37.6 Å². The molecule has 0 aliphatic rings. The molecule has 0 saturated heterocycles. The first-order chi connectivity index (χ1) is 13.0. The third kappa shape index (κ3) is 6.66. The molecule has 2 aromatic rings. The maximum Gasteiger partial charge on any atom is 0.260 e. The molecule has 6 heteroatoms. The number of carbonyl (C=O) groups is 2. The number of benzene rings is 2.